The third-order valence-corrected chi connectivity index (χ3v) is 3.00. The monoisotopic (exact) mass is 261 g/mol. The second kappa shape index (κ2) is 5.24. The van der Waals surface area contributed by atoms with Crippen LogP contribution in [-0.2, 0) is 10.0 Å². The van der Waals surface area contributed by atoms with Crippen LogP contribution >= 0.6 is 0 Å². The summed E-state index contributed by atoms with van der Waals surface area (Å²) in [4.78, 5) is -0.189. The van der Waals surface area contributed by atoms with E-state index in [1.165, 1.54) is 26.4 Å². The van der Waals surface area contributed by atoms with Gasteiger partial charge < -0.3 is 14.2 Å². The summed E-state index contributed by atoms with van der Waals surface area (Å²) in [5.41, 5.74) is 0. The van der Waals surface area contributed by atoms with E-state index in [0.29, 0.717) is 12.4 Å². The van der Waals surface area contributed by atoms with Gasteiger partial charge in [-0.25, -0.2) is 13.6 Å². The number of hydrogen-bond donors (Lipinski definition) is 1. The van der Waals surface area contributed by atoms with E-state index in [4.69, 9.17) is 19.3 Å². The predicted molar refractivity (Wildman–Crippen MR) is 62.1 cm³/mol. The molecule has 0 radical (unpaired) electrons. The van der Waals surface area contributed by atoms with Gasteiger partial charge >= 0.3 is 0 Å². The molecule has 0 heterocycles. The van der Waals surface area contributed by atoms with Gasteiger partial charge in [-0.2, -0.15) is 0 Å². The summed E-state index contributed by atoms with van der Waals surface area (Å²) < 4.78 is 38.1. The van der Waals surface area contributed by atoms with Crippen LogP contribution in [-0.4, -0.2) is 29.2 Å². The van der Waals surface area contributed by atoms with E-state index in [1.54, 1.807) is 0 Å². The van der Waals surface area contributed by atoms with E-state index in [2.05, 4.69) is 0 Å². The first-order valence-electron chi connectivity index (χ1n) is 4.85. The molecular weight excluding hydrogens is 246 g/mol. The van der Waals surface area contributed by atoms with E-state index >= 15 is 0 Å². The summed E-state index contributed by atoms with van der Waals surface area (Å²) in [6.45, 7) is 2.26. The highest BCUT2D eigenvalue weighted by molar-refractivity contribution is 7.89. The van der Waals surface area contributed by atoms with E-state index in [9.17, 15) is 8.42 Å². The van der Waals surface area contributed by atoms with Crippen molar-refractivity contribution in [2.45, 2.75) is 11.8 Å². The van der Waals surface area contributed by atoms with E-state index in [0.717, 1.165) is 0 Å². The lowest BCUT2D eigenvalue weighted by Gasteiger charge is -2.13. The maximum atomic E-state index is 11.4. The Hall–Kier alpha value is -1.47. The molecule has 2 N–H and O–H groups in total. The van der Waals surface area contributed by atoms with Crippen LogP contribution in [0.1, 0.15) is 6.92 Å². The minimum atomic E-state index is -3.93. The second-order valence-electron chi connectivity index (χ2n) is 3.13. The molecule has 1 rings (SSSR count). The number of methoxy groups -OCH3 is 2. The second-order valence-corrected chi connectivity index (χ2v) is 4.63. The molecule has 6 nitrogen and oxygen atoms in total. The summed E-state index contributed by atoms with van der Waals surface area (Å²) in [6, 6.07) is 2.90. The fraction of sp³-hybridized carbons (Fsp3) is 0.400. The molecule has 0 aliphatic carbocycles. The Kier molecular flexibility index (Phi) is 4.19. The van der Waals surface area contributed by atoms with Gasteiger partial charge in [-0.1, -0.05) is 0 Å². The first-order valence-corrected chi connectivity index (χ1v) is 6.40. The molecule has 0 aliphatic rings. The van der Waals surface area contributed by atoms with Crippen LogP contribution in [0.2, 0.25) is 0 Å². The molecule has 0 fully saturated rings. The molecule has 0 aliphatic heterocycles. The SMILES string of the molecule is CCOc1cc(OC)c(S(N)(=O)=O)c(OC)c1. The maximum absolute atomic E-state index is 11.4. The Bertz CT molecular complexity index is 472. The number of nitrogens with two attached hydrogens (primary N) is 1. The fourth-order valence-electron chi connectivity index (χ4n) is 1.39. The van der Waals surface area contributed by atoms with Gasteiger partial charge in [0, 0.05) is 12.1 Å². The first kappa shape index (κ1) is 13.6. The third kappa shape index (κ3) is 3.01. The molecule has 0 saturated carbocycles. The quantitative estimate of drug-likeness (QED) is 0.845. The molecule has 0 amide bonds. The van der Waals surface area contributed by atoms with Gasteiger partial charge in [0.25, 0.3) is 0 Å². The number of hydrogen-bond acceptors (Lipinski definition) is 5. The summed E-state index contributed by atoms with van der Waals surface area (Å²) in [5.74, 6) is 0.638. The molecule has 1 aromatic carbocycles. The zero-order valence-corrected chi connectivity index (χ0v) is 10.7. The van der Waals surface area contributed by atoms with Crippen molar-refractivity contribution in [3.05, 3.63) is 12.1 Å². The summed E-state index contributed by atoms with van der Waals surface area (Å²) in [6.07, 6.45) is 0. The van der Waals surface area contributed by atoms with Crippen molar-refractivity contribution in [1.82, 2.24) is 0 Å². The van der Waals surface area contributed by atoms with E-state index in [1.807, 2.05) is 6.92 Å². The molecule has 0 aromatic heterocycles. The predicted octanol–water partition coefficient (Wildman–Crippen LogP) is 0.750. The molecule has 0 spiro atoms. The minimum absolute atomic E-state index is 0.0929. The lowest BCUT2D eigenvalue weighted by Crippen LogP contribution is -2.15. The number of sulfonamides is 1. The molecule has 0 bridgehead atoms. The number of rotatable bonds is 5. The van der Waals surface area contributed by atoms with Crippen molar-refractivity contribution in [1.29, 1.82) is 0 Å². The summed E-state index contributed by atoms with van der Waals surface area (Å²) >= 11 is 0. The van der Waals surface area contributed by atoms with Gasteiger partial charge in [-0.3, -0.25) is 0 Å². The van der Waals surface area contributed by atoms with Crippen LogP contribution in [0.25, 0.3) is 0 Å². The standard InChI is InChI=1S/C10H15NO5S/c1-4-16-7-5-8(14-2)10(17(11,12)13)9(6-7)15-3/h5-6H,4H2,1-3H3,(H2,11,12,13). The Balaban J connectivity index is 3.47. The lowest BCUT2D eigenvalue weighted by molar-refractivity contribution is 0.326. The average molecular weight is 261 g/mol. The molecule has 7 heteroatoms. The zero-order chi connectivity index (χ0) is 13.1. The van der Waals surface area contributed by atoms with Gasteiger partial charge in [0.1, 0.15) is 17.2 Å². The minimum Gasteiger partial charge on any atom is -0.495 e. The number of primary sulfonamides is 1. The Morgan fingerprint density at radius 1 is 1.18 bits per heavy atom. The van der Waals surface area contributed by atoms with Gasteiger partial charge in [-0.15, -0.1) is 0 Å². The molecule has 17 heavy (non-hydrogen) atoms. The van der Waals surface area contributed by atoms with E-state index in [-0.39, 0.29) is 16.4 Å². The molecular formula is C10H15NO5S. The highest BCUT2D eigenvalue weighted by atomic mass is 32.2. The normalized spacial score (nSPS) is 11.1. The van der Waals surface area contributed by atoms with Crippen molar-refractivity contribution >= 4 is 10.0 Å². The topological polar surface area (TPSA) is 87.9 Å². The van der Waals surface area contributed by atoms with Crippen molar-refractivity contribution in [2.75, 3.05) is 20.8 Å². The number of benzene rings is 1. The molecule has 0 saturated heterocycles. The van der Waals surface area contributed by atoms with Crippen LogP contribution in [0.4, 0.5) is 0 Å². The molecule has 1 aromatic rings. The Morgan fingerprint density at radius 3 is 1.94 bits per heavy atom. The first-order chi connectivity index (χ1) is 7.93. The summed E-state index contributed by atoms with van der Waals surface area (Å²) in [7, 11) is -1.23. The van der Waals surface area contributed by atoms with E-state index < -0.39 is 10.0 Å². The van der Waals surface area contributed by atoms with Crippen LogP contribution < -0.4 is 19.3 Å². The van der Waals surface area contributed by atoms with Gasteiger partial charge in [0.05, 0.1) is 20.8 Å². The Morgan fingerprint density at radius 2 is 1.65 bits per heavy atom. The van der Waals surface area contributed by atoms with Crippen molar-refractivity contribution in [3.8, 4) is 17.2 Å². The largest absolute Gasteiger partial charge is 0.495 e. The smallest absolute Gasteiger partial charge is 0.245 e. The number of ether oxygens (including phenoxy) is 3. The van der Waals surface area contributed by atoms with Crippen molar-refractivity contribution < 1.29 is 22.6 Å². The van der Waals surface area contributed by atoms with Gasteiger partial charge in [0.2, 0.25) is 10.0 Å². The van der Waals surface area contributed by atoms with Crippen LogP contribution in [0.15, 0.2) is 17.0 Å². The molecule has 96 valence electrons. The lowest BCUT2D eigenvalue weighted by atomic mass is 10.3. The third-order valence-electron chi connectivity index (χ3n) is 2.03. The molecule has 0 unspecified atom stereocenters. The zero-order valence-electron chi connectivity index (χ0n) is 9.89. The fourth-order valence-corrected chi connectivity index (χ4v) is 2.23. The van der Waals surface area contributed by atoms with Crippen LogP contribution in [0.5, 0.6) is 17.2 Å². The Labute approximate surface area is 100 Å². The highest BCUT2D eigenvalue weighted by Crippen LogP contribution is 2.36. The van der Waals surface area contributed by atoms with Crippen molar-refractivity contribution in [3.63, 3.8) is 0 Å². The van der Waals surface area contributed by atoms with Gasteiger partial charge in [-0.05, 0) is 6.92 Å². The van der Waals surface area contributed by atoms with Gasteiger partial charge in [0.15, 0.2) is 4.90 Å². The van der Waals surface area contributed by atoms with Crippen LogP contribution in [0, 0.1) is 0 Å². The van der Waals surface area contributed by atoms with Crippen molar-refractivity contribution in [2.24, 2.45) is 5.14 Å². The van der Waals surface area contributed by atoms with Crippen LogP contribution in [0.3, 0.4) is 0 Å². The maximum Gasteiger partial charge on any atom is 0.245 e. The summed E-state index contributed by atoms with van der Waals surface area (Å²) in [5, 5.41) is 5.10. The molecule has 0 atom stereocenters. The highest BCUT2D eigenvalue weighted by Gasteiger charge is 2.22. The average Bonchev–Trinajstić information content (AvgIpc) is 2.26.